The minimum atomic E-state index is -0.399. The summed E-state index contributed by atoms with van der Waals surface area (Å²) < 4.78 is 0. The first-order chi connectivity index (χ1) is 11.8. The maximum absolute atomic E-state index is 12.6. The van der Waals surface area contributed by atoms with Crippen LogP contribution in [0.4, 0.5) is 5.69 Å². The average Bonchev–Trinajstić information content (AvgIpc) is 3.32. The van der Waals surface area contributed by atoms with E-state index in [0.29, 0.717) is 5.92 Å². The molecule has 2 aromatic heterocycles. The number of carbonyl (C=O) groups is 1. The number of rotatable bonds is 2. The van der Waals surface area contributed by atoms with Gasteiger partial charge in [-0.3, -0.25) is 9.89 Å². The second kappa shape index (κ2) is 5.12. The smallest absolute Gasteiger partial charge is 0.238 e. The number of hydrogen-bond acceptors (Lipinski definition) is 4. The Kier molecular flexibility index (Phi) is 2.92. The van der Waals surface area contributed by atoms with Crippen LogP contribution in [0.3, 0.4) is 0 Å². The molecule has 1 aliphatic carbocycles. The fraction of sp³-hybridized carbons (Fsp3) is 0.333. The van der Waals surface area contributed by atoms with Crippen molar-refractivity contribution in [3.8, 4) is 0 Å². The van der Waals surface area contributed by atoms with Crippen LogP contribution in [0.2, 0.25) is 0 Å². The Hall–Kier alpha value is -2.76. The second-order valence-corrected chi connectivity index (χ2v) is 6.59. The molecule has 0 saturated heterocycles. The number of nitrogens with one attached hydrogen (secondary N) is 2. The number of fused-ring (bicyclic) bond motifs is 2. The van der Waals surface area contributed by atoms with Gasteiger partial charge in [-0.25, -0.2) is 9.97 Å². The zero-order valence-corrected chi connectivity index (χ0v) is 13.1. The van der Waals surface area contributed by atoms with Gasteiger partial charge in [-0.15, -0.1) is 0 Å². The third-order valence-electron chi connectivity index (χ3n) is 5.14. The van der Waals surface area contributed by atoms with Gasteiger partial charge >= 0.3 is 0 Å². The van der Waals surface area contributed by atoms with E-state index < -0.39 is 5.92 Å². The van der Waals surface area contributed by atoms with Crippen LogP contribution in [0.15, 0.2) is 30.5 Å². The number of aromatic nitrogens is 4. The van der Waals surface area contributed by atoms with Crippen molar-refractivity contribution in [2.45, 2.75) is 37.5 Å². The maximum atomic E-state index is 12.6. The molecule has 0 bridgehead atoms. The van der Waals surface area contributed by atoms with Gasteiger partial charge in [-0.05, 0) is 24.5 Å². The van der Waals surface area contributed by atoms with Gasteiger partial charge in [-0.1, -0.05) is 31.0 Å². The number of benzene rings is 1. The molecule has 1 unspecified atom stereocenters. The maximum Gasteiger partial charge on any atom is 0.238 e. The Morgan fingerprint density at radius 2 is 1.92 bits per heavy atom. The molecule has 0 spiro atoms. The Bertz CT molecular complexity index is 941. The lowest BCUT2D eigenvalue weighted by molar-refractivity contribution is -0.116. The highest BCUT2D eigenvalue weighted by molar-refractivity contribution is 6.06. The predicted octanol–water partition coefficient (Wildman–Crippen LogP) is 3.09. The number of amides is 1. The molecule has 0 radical (unpaired) electrons. The van der Waals surface area contributed by atoms with Gasteiger partial charge in [0.05, 0.1) is 17.3 Å². The third-order valence-corrected chi connectivity index (χ3v) is 5.14. The van der Waals surface area contributed by atoms with Crippen molar-refractivity contribution in [1.29, 1.82) is 0 Å². The third kappa shape index (κ3) is 1.95. The average molecular weight is 319 g/mol. The molecule has 1 aromatic carbocycles. The highest BCUT2D eigenvalue weighted by Gasteiger charge is 2.35. The van der Waals surface area contributed by atoms with Crippen molar-refractivity contribution < 1.29 is 4.79 Å². The van der Waals surface area contributed by atoms with Crippen LogP contribution in [0.5, 0.6) is 0 Å². The minimum Gasteiger partial charge on any atom is -0.325 e. The summed E-state index contributed by atoms with van der Waals surface area (Å²) in [7, 11) is 0. The highest BCUT2D eigenvalue weighted by atomic mass is 16.2. The van der Waals surface area contributed by atoms with Crippen LogP contribution in [0, 0.1) is 0 Å². The number of para-hydroxylation sites is 1. The number of nitrogens with zero attached hydrogens (tertiary/aromatic N) is 3. The summed E-state index contributed by atoms with van der Waals surface area (Å²) in [6, 6.07) is 7.80. The number of H-pyrrole nitrogens is 1. The molecule has 2 N–H and O–H groups in total. The van der Waals surface area contributed by atoms with Crippen molar-refractivity contribution in [2.75, 3.05) is 5.32 Å². The summed E-state index contributed by atoms with van der Waals surface area (Å²) in [5.74, 6) is 0.798. The number of hydrogen-bond donors (Lipinski definition) is 2. The standard InChI is InChI=1S/C18H17N5O/c24-18-14(11-7-3-4-8-13(11)20-18)15-12-9-19-23-17(12)22-16(21-15)10-5-1-2-6-10/h3-4,7-10,14H,1-2,5-6H2,(H,20,24)(H,19,21,22,23). The minimum absolute atomic E-state index is 0.0326. The van der Waals surface area contributed by atoms with Gasteiger partial charge < -0.3 is 5.32 Å². The molecule has 2 aliphatic rings. The molecule has 6 heteroatoms. The first-order valence-electron chi connectivity index (χ1n) is 8.42. The summed E-state index contributed by atoms with van der Waals surface area (Å²) in [5, 5.41) is 10.9. The normalized spacial score (nSPS) is 20.5. The molecule has 1 atom stereocenters. The molecule has 1 fully saturated rings. The molecule has 1 aliphatic heterocycles. The molecular weight excluding hydrogens is 302 g/mol. The quantitative estimate of drug-likeness (QED) is 0.760. The number of anilines is 1. The van der Waals surface area contributed by atoms with Crippen molar-refractivity contribution in [2.24, 2.45) is 0 Å². The molecule has 1 amide bonds. The number of aromatic amines is 1. The highest BCUT2D eigenvalue weighted by Crippen LogP contribution is 2.40. The van der Waals surface area contributed by atoms with Gasteiger partial charge in [0.1, 0.15) is 11.7 Å². The van der Waals surface area contributed by atoms with Crippen molar-refractivity contribution >= 4 is 22.6 Å². The van der Waals surface area contributed by atoms with Gasteiger partial charge in [0.25, 0.3) is 0 Å². The Labute approximate surface area is 138 Å². The molecule has 5 rings (SSSR count). The summed E-state index contributed by atoms with van der Waals surface area (Å²) in [6.07, 6.45) is 6.39. The summed E-state index contributed by atoms with van der Waals surface area (Å²) in [4.78, 5) is 22.2. The van der Waals surface area contributed by atoms with E-state index in [-0.39, 0.29) is 5.91 Å². The molecule has 6 nitrogen and oxygen atoms in total. The van der Waals surface area contributed by atoms with E-state index in [1.54, 1.807) is 6.20 Å². The van der Waals surface area contributed by atoms with Crippen LogP contribution < -0.4 is 5.32 Å². The topological polar surface area (TPSA) is 83.6 Å². The van der Waals surface area contributed by atoms with Crippen LogP contribution in [0.1, 0.15) is 54.6 Å². The first kappa shape index (κ1) is 13.7. The lowest BCUT2D eigenvalue weighted by Gasteiger charge is -2.14. The summed E-state index contributed by atoms with van der Waals surface area (Å²) in [5.41, 5.74) is 3.32. The fourth-order valence-corrected chi connectivity index (χ4v) is 3.94. The molecule has 3 heterocycles. The van der Waals surface area contributed by atoms with Gasteiger partial charge in [-0.2, -0.15) is 5.10 Å². The molecule has 24 heavy (non-hydrogen) atoms. The Morgan fingerprint density at radius 1 is 1.08 bits per heavy atom. The fourth-order valence-electron chi connectivity index (χ4n) is 3.94. The Morgan fingerprint density at radius 3 is 2.79 bits per heavy atom. The van der Waals surface area contributed by atoms with E-state index in [4.69, 9.17) is 4.98 Å². The van der Waals surface area contributed by atoms with Crippen LogP contribution in [-0.2, 0) is 4.79 Å². The van der Waals surface area contributed by atoms with Gasteiger partial charge in [0, 0.05) is 11.6 Å². The van der Waals surface area contributed by atoms with Crippen molar-refractivity contribution in [1.82, 2.24) is 20.2 Å². The van der Waals surface area contributed by atoms with E-state index in [1.165, 1.54) is 12.8 Å². The van der Waals surface area contributed by atoms with E-state index in [9.17, 15) is 4.79 Å². The molecular formula is C18H17N5O. The van der Waals surface area contributed by atoms with E-state index in [2.05, 4.69) is 20.5 Å². The van der Waals surface area contributed by atoms with Crippen LogP contribution in [-0.4, -0.2) is 26.1 Å². The van der Waals surface area contributed by atoms with E-state index in [0.717, 1.165) is 46.6 Å². The lowest BCUT2D eigenvalue weighted by atomic mass is 9.95. The van der Waals surface area contributed by atoms with Crippen LogP contribution in [0.25, 0.3) is 11.0 Å². The van der Waals surface area contributed by atoms with Crippen LogP contribution >= 0.6 is 0 Å². The van der Waals surface area contributed by atoms with Crippen molar-refractivity contribution in [3.63, 3.8) is 0 Å². The van der Waals surface area contributed by atoms with Crippen molar-refractivity contribution in [3.05, 3.63) is 47.5 Å². The summed E-state index contributed by atoms with van der Waals surface area (Å²) >= 11 is 0. The largest absolute Gasteiger partial charge is 0.325 e. The lowest BCUT2D eigenvalue weighted by Crippen LogP contribution is -2.16. The van der Waals surface area contributed by atoms with E-state index >= 15 is 0 Å². The van der Waals surface area contributed by atoms with Gasteiger partial charge in [0.2, 0.25) is 5.91 Å². The first-order valence-corrected chi connectivity index (χ1v) is 8.42. The molecule has 3 aromatic rings. The SMILES string of the molecule is O=C1Nc2ccccc2C1c1nc(C2CCCC2)nc2[nH]ncc12. The number of carbonyl (C=O) groups excluding carboxylic acids is 1. The zero-order valence-electron chi connectivity index (χ0n) is 13.1. The molecule has 1 saturated carbocycles. The predicted molar refractivity (Wildman–Crippen MR) is 89.8 cm³/mol. The molecule has 120 valence electrons. The monoisotopic (exact) mass is 319 g/mol. The van der Waals surface area contributed by atoms with E-state index in [1.807, 2.05) is 24.3 Å². The summed E-state index contributed by atoms with van der Waals surface area (Å²) in [6.45, 7) is 0. The van der Waals surface area contributed by atoms with Gasteiger partial charge in [0.15, 0.2) is 5.65 Å². The Balaban J connectivity index is 1.71. The second-order valence-electron chi connectivity index (χ2n) is 6.59. The zero-order chi connectivity index (χ0) is 16.1.